The zero-order valence-corrected chi connectivity index (χ0v) is 17.6. The lowest BCUT2D eigenvalue weighted by Crippen LogP contribution is -2.43. The van der Waals surface area contributed by atoms with E-state index in [1.165, 1.54) is 13.2 Å². The lowest BCUT2D eigenvalue weighted by molar-refractivity contribution is -0.143. The molecule has 0 bridgehead atoms. The topological polar surface area (TPSA) is 55.4 Å². The number of amides is 1. The number of carbonyl (C=O) groups is 2. The predicted octanol–water partition coefficient (Wildman–Crippen LogP) is 5.53. The molecule has 0 saturated heterocycles. The molecule has 1 atom stereocenters. The van der Waals surface area contributed by atoms with Crippen molar-refractivity contribution in [2.75, 3.05) is 7.11 Å². The Morgan fingerprint density at radius 1 is 0.879 bits per heavy atom. The number of fused-ring (bicyclic) bond motifs is 2. The van der Waals surface area contributed by atoms with Gasteiger partial charge in [-0.2, -0.15) is 13.2 Å². The highest BCUT2D eigenvalue weighted by Gasteiger charge is 2.31. The molecule has 168 valence electrons. The monoisotopic (exact) mass is 451 g/mol. The lowest BCUT2D eigenvalue weighted by Gasteiger charge is -2.19. The summed E-state index contributed by atoms with van der Waals surface area (Å²) >= 11 is 0. The summed E-state index contributed by atoms with van der Waals surface area (Å²) in [6.07, 6.45) is -4.47. The summed E-state index contributed by atoms with van der Waals surface area (Å²) < 4.78 is 44.1. The number of hydrogen-bond donors (Lipinski definition) is 1. The third-order valence-corrected chi connectivity index (χ3v) is 5.53. The third-order valence-electron chi connectivity index (χ3n) is 5.53. The molecule has 0 aromatic heterocycles. The summed E-state index contributed by atoms with van der Waals surface area (Å²) in [6.45, 7) is 0. The number of rotatable bonds is 5. The Morgan fingerprint density at radius 3 is 2.06 bits per heavy atom. The van der Waals surface area contributed by atoms with Crippen LogP contribution in [0.25, 0.3) is 21.5 Å². The molecule has 7 heteroatoms. The molecule has 1 amide bonds. The number of hydrogen-bond acceptors (Lipinski definition) is 3. The van der Waals surface area contributed by atoms with E-state index >= 15 is 0 Å². The van der Waals surface area contributed by atoms with E-state index in [0.29, 0.717) is 0 Å². The Hall–Kier alpha value is -3.87. The van der Waals surface area contributed by atoms with Crippen molar-refractivity contribution in [3.05, 3.63) is 95.6 Å². The van der Waals surface area contributed by atoms with Crippen molar-refractivity contribution in [2.24, 2.45) is 0 Å². The van der Waals surface area contributed by atoms with Crippen LogP contribution < -0.4 is 5.32 Å². The lowest BCUT2D eigenvalue weighted by atomic mass is 9.92. The van der Waals surface area contributed by atoms with Gasteiger partial charge >= 0.3 is 12.1 Å². The Labute approximate surface area is 188 Å². The molecular formula is C26H20F3NO3. The Morgan fingerprint density at radius 2 is 1.48 bits per heavy atom. The normalized spacial score (nSPS) is 12.5. The van der Waals surface area contributed by atoms with Gasteiger partial charge in [-0.1, -0.05) is 54.6 Å². The summed E-state index contributed by atoms with van der Waals surface area (Å²) in [5.41, 5.74) is -0.297. The molecule has 0 heterocycles. The maximum Gasteiger partial charge on any atom is 0.416 e. The minimum atomic E-state index is -4.58. The van der Waals surface area contributed by atoms with Crippen LogP contribution in [0.5, 0.6) is 0 Å². The number of benzene rings is 4. The highest BCUT2D eigenvalue weighted by molar-refractivity contribution is 6.03. The molecule has 4 aromatic rings. The first-order chi connectivity index (χ1) is 15.8. The van der Waals surface area contributed by atoms with Crippen molar-refractivity contribution in [3.63, 3.8) is 0 Å². The first kappa shape index (κ1) is 22.3. The van der Waals surface area contributed by atoms with Crippen LogP contribution >= 0.6 is 0 Å². The molecule has 0 aliphatic heterocycles. The molecule has 0 aliphatic rings. The second-order valence-electron chi connectivity index (χ2n) is 7.63. The van der Waals surface area contributed by atoms with Crippen molar-refractivity contribution in [1.82, 2.24) is 5.32 Å². The summed E-state index contributed by atoms with van der Waals surface area (Å²) in [5.74, 6) is -1.48. The Kier molecular flexibility index (Phi) is 6.05. The van der Waals surface area contributed by atoms with E-state index in [1.54, 1.807) is 0 Å². The predicted molar refractivity (Wildman–Crippen MR) is 120 cm³/mol. The van der Waals surface area contributed by atoms with Gasteiger partial charge in [-0.3, -0.25) is 4.79 Å². The molecule has 1 N–H and O–H groups in total. The molecular weight excluding hydrogens is 431 g/mol. The van der Waals surface area contributed by atoms with E-state index in [2.05, 4.69) is 5.32 Å². The zero-order valence-electron chi connectivity index (χ0n) is 17.6. The van der Waals surface area contributed by atoms with Gasteiger partial charge in [0.25, 0.3) is 5.91 Å². The summed E-state index contributed by atoms with van der Waals surface area (Å²) in [5, 5.41) is 6.33. The zero-order chi connectivity index (χ0) is 23.6. The summed E-state index contributed by atoms with van der Waals surface area (Å²) in [4.78, 5) is 25.4. The molecule has 4 nitrogen and oxygen atoms in total. The van der Waals surface area contributed by atoms with Gasteiger partial charge in [0.15, 0.2) is 0 Å². The quantitative estimate of drug-likeness (QED) is 0.321. The van der Waals surface area contributed by atoms with E-state index in [-0.39, 0.29) is 12.0 Å². The number of ether oxygens (including phenoxy) is 1. The fourth-order valence-electron chi connectivity index (χ4n) is 3.95. The van der Waals surface area contributed by atoms with Crippen LogP contribution in [0.3, 0.4) is 0 Å². The molecule has 0 radical (unpaired) electrons. The van der Waals surface area contributed by atoms with Crippen molar-refractivity contribution in [1.29, 1.82) is 0 Å². The van der Waals surface area contributed by atoms with Gasteiger partial charge in [-0.15, -0.1) is 0 Å². The molecule has 0 saturated carbocycles. The van der Waals surface area contributed by atoms with Gasteiger partial charge in [-0.25, -0.2) is 4.79 Å². The van der Waals surface area contributed by atoms with Gasteiger partial charge in [-0.05, 0) is 51.4 Å². The van der Waals surface area contributed by atoms with Gasteiger partial charge < -0.3 is 10.1 Å². The SMILES string of the molecule is COC(=O)[C@H](Cc1c2ccccc2cc2ccccc12)NC(=O)c1cccc(C(F)(F)F)c1. The molecule has 33 heavy (non-hydrogen) atoms. The van der Waals surface area contributed by atoms with Crippen LogP contribution in [0.15, 0.2) is 78.9 Å². The van der Waals surface area contributed by atoms with Gasteiger partial charge in [0.1, 0.15) is 6.04 Å². The largest absolute Gasteiger partial charge is 0.467 e. The van der Waals surface area contributed by atoms with E-state index < -0.39 is 29.7 Å². The molecule has 0 fully saturated rings. The average Bonchev–Trinajstić information content (AvgIpc) is 2.82. The molecule has 0 spiro atoms. The molecule has 4 aromatic carbocycles. The highest BCUT2D eigenvalue weighted by Crippen LogP contribution is 2.31. The summed E-state index contributed by atoms with van der Waals surface area (Å²) in [7, 11) is 1.20. The average molecular weight is 451 g/mol. The van der Waals surface area contributed by atoms with E-state index in [4.69, 9.17) is 4.74 Å². The number of halogens is 3. The highest BCUT2D eigenvalue weighted by atomic mass is 19.4. The second-order valence-corrected chi connectivity index (χ2v) is 7.63. The maximum atomic E-state index is 13.1. The van der Waals surface area contributed by atoms with Crippen LogP contribution in [-0.2, 0) is 22.1 Å². The van der Waals surface area contributed by atoms with Crippen LogP contribution in [-0.4, -0.2) is 25.0 Å². The standard InChI is InChI=1S/C26H20F3NO3/c1-33-25(32)23(30-24(31)18-9-6-10-19(14-18)26(27,28)29)15-22-20-11-4-2-7-16(20)13-17-8-3-5-12-21(17)22/h2-14,23H,15H2,1H3,(H,30,31)/t23-/m0/s1. The number of nitrogens with one attached hydrogen (secondary N) is 1. The number of carbonyl (C=O) groups excluding carboxylic acids is 2. The van der Waals surface area contributed by atoms with Crippen molar-refractivity contribution < 1.29 is 27.5 Å². The smallest absolute Gasteiger partial charge is 0.416 e. The van der Waals surface area contributed by atoms with Crippen LogP contribution in [0.1, 0.15) is 21.5 Å². The van der Waals surface area contributed by atoms with Gasteiger partial charge in [0.05, 0.1) is 12.7 Å². The number of esters is 1. The molecule has 4 rings (SSSR count). The van der Waals surface area contributed by atoms with Crippen LogP contribution in [0, 0.1) is 0 Å². The summed E-state index contributed by atoms with van der Waals surface area (Å²) in [6, 6.07) is 20.4. The molecule has 0 unspecified atom stereocenters. The fraction of sp³-hybridized carbons (Fsp3) is 0.154. The Balaban J connectivity index is 1.72. The number of methoxy groups -OCH3 is 1. The first-order valence-electron chi connectivity index (χ1n) is 10.2. The van der Waals surface area contributed by atoms with Crippen molar-refractivity contribution in [2.45, 2.75) is 18.6 Å². The molecule has 0 aliphatic carbocycles. The van der Waals surface area contributed by atoms with E-state index in [9.17, 15) is 22.8 Å². The van der Waals surface area contributed by atoms with Gasteiger partial charge in [0, 0.05) is 12.0 Å². The minimum Gasteiger partial charge on any atom is -0.467 e. The van der Waals surface area contributed by atoms with Crippen molar-refractivity contribution >= 4 is 33.4 Å². The van der Waals surface area contributed by atoms with E-state index in [1.807, 2.05) is 54.6 Å². The minimum absolute atomic E-state index is 0.110. The fourth-order valence-corrected chi connectivity index (χ4v) is 3.95. The van der Waals surface area contributed by atoms with Crippen LogP contribution in [0.4, 0.5) is 13.2 Å². The Bertz CT molecular complexity index is 1290. The number of alkyl halides is 3. The van der Waals surface area contributed by atoms with E-state index in [0.717, 1.165) is 45.3 Å². The third kappa shape index (κ3) is 4.67. The van der Waals surface area contributed by atoms with Gasteiger partial charge in [0.2, 0.25) is 0 Å². The van der Waals surface area contributed by atoms with Crippen LogP contribution in [0.2, 0.25) is 0 Å². The maximum absolute atomic E-state index is 13.1. The second kappa shape index (κ2) is 8.94. The van der Waals surface area contributed by atoms with Crippen molar-refractivity contribution in [3.8, 4) is 0 Å². The first-order valence-corrected chi connectivity index (χ1v) is 10.2.